The molecule has 5 nitrogen and oxygen atoms in total. The van der Waals surface area contributed by atoms with Crippen LogP contribution in [0, 0.1) is 5.82 Å². The summed E-state index contributed by atoms with van der Waals surface area (Å²) in [6.45, 7) is 1.47. The smallest absolute Gasteiger partial charge is 0.183 e. The van der Waals surface area contributed by atoms with Crippen molar-refractivity contribution in [2.45, 2.75) is 38.6 Å². The lowest BCUT2D eigenvalue weighted by atomic mass is 10.2. The number of ketones is 1. The van der Waals surface area contributed by atoms with Crippen LogP contribution in [0.1, 0.15) is 43.1 Å². The predicted molar refractivity (Wildman–Crippen MR) is 77.2 cm³/mol. The monoisotopic (exact) mass is 288 g/mol. The van der Waals surface area contributed by atoms with Gasteiger partial charge in [0.05, 0.1) is 5.69 Å². The second-order valence-electron chi connectivity index (χ2n) is 5.36. The van der Waals surface area contributed by atoms with Gasteiger partial charge >= 0.3 is 0 Å². The normalized spacial score (nSPS) is 15.3. The Morgan fingerprint density at radius 3 is 2.57 bits per heavy atom. The van der Waals surface area contributed by atoms with Crippen LogP contribution in [0.25, 0.3) is 5.69 Å². The second-order valence-corrected chi connectivity index (χ2v) is 5.36. The van der Waals surface area contributed by atoms with Gasteiger partial charge in [0.1, 0.15) is 5.82 Å². The predicted octanol–water partition coefficient (Wildman–Crippen LogP) is 2.96. The van der Waals surface area contributed by atoms with Crippen LogP contribution in [0.2, 0.25) is 0 Å². The molecular weight excluding hydrogens is 271 g/mol. The first-order chi connectivity index (χ1) is 10.1. The number of hydrogen-bond acceptors (Lipinski definition) is 4. The maximum Gasteiger partial charge on any atom is 0.183 e. The van der Waals surface area contributed by atoms with Crippen LogP contribution in [-0.4, -0.2) is 26.8 Å². The number of carbonyl (C=O) groups excluding carboxylic acids is 1. The van der Waals surface area contributed by atoms with Gasteiger partial charge in [-0.2, -0.15) is 4.68 Å². The molecule has 1 heterocycles. The fourth-order valence-electron chi connectivity index (χ4n) is 2.68. The first kappa shape index (κ1) is 13.7. The molecule has 0 saturated heterocycles. The molecule has 0 radical (unpaired) electrons. The number of anilines is 1. The Morgan fingerprint density at radius 2 is 1.95 bits per heavy atom. The van der Waals surface area contributed by atoms with Gasteiger partial charge in [-0.25, -0.2) is 4.39 Å². The maximum atomic E-state index is 13.0. The quantitative estimate of drug-likeness (QED) is 0.879. The molecule has 6 heteroatoms. The van der Waals surface area contributed by atoms with Crippen LogP contribution in [-0.2, 0) is 0 Å². The van der Waals surface area contributed by atoms with E-state index in [0.717, 1.165) is 12.8 Å². The van der Waals surface area contributed by atoms with E-state index in [1.165, 1.54) is 31.9 Å². The van der Waals surface area contributed by atoms with Crippen molar-refractivity contribution in [1.29, 1.82) is 0 Å². The zero-order valence-corrected chi connectivity index (χ0v) is 11.8. The van der Waals surface area contributed by atoms with Gasteiger partial charge in [-0.3, -0.25) is 4.79 Å². The molecule has 1 saturated carbocycles. The Bertz CT molecular complexity index is 644. The van der Waals surface area contributed by atoms with Crippen LogP contribution in [0.5, 0.6) is 0 Å². The molecule has 1 aliphatic rings. The molecule has 1 aromatic carbocycles. The van der Waals surface area contributed by atoms with E-state index in [-0.39, 0.29) is 11.6 Å². The van der Waals surface area contributed by atoms with Crippen molar-refractivity contribution in [2.24, 2.45) is 0 Å². The average molecular weight is 288 g/mol. The summed E-state index contributed by atoms with van der Waals surface area (Å²) in [5.41, 5.74) is 1.00. The first-order valence-electron chi connectivity index (χ1n) is 7.14. The van der Waals surface area contributed by atoms with Crippen molar-refractivity contribution >= 4 is 11.6 Å². The topological polar surface area (TPSA) is 59.8 Å². The number of Topliss-reactive ketones (excluding diaryl/α,β-unsaturated/α-hetero) is 1. The fraction of sp³-hybridized carbons (Fsp3) is 0.400. The van der Waals surface area contributed by atoms with E-state index >= 15 is 0 Å². The summed E-state index contributed by atoms with van der Waals surface area (Å²) in [7, 11) is 0. The minimum atomic E-state index is -0.309. The first-order valence-corrected chi connectivity index (χ1v) is 7.14. The molecule has 0 amide bonds. The van der Waals surface area contributed by atoms with Gasteiger partial charge in [-0.15, -0.1) is 5.10 Å². The molecule has 21 heavy (non-hydrogen) atoms. The van der Waals surface area contributed by atoms with Crippen molar-refractivity contribution in [3.63, 3.8) is 0 Å². The Hall–Kier alpha value is -2.24. The molecule has 0 atom stereocenters. The summed E-state index contributed by atoms with van der Waals surface area (Å²) >= 11 is 0. The second kappa shape index (κ2) is 5.63. The van der Waals surface area contributed by atoms with Gasteiger partial charge in [0.2, 0.25) is 0 Å². The maximum absolute atomic E-state index is 13.0. The highest BCUT2D eigenvalue weighted by Gasteiger charge is 2.22. The third-order valence-corrected chi connectivity index (χ3v) is 3.77. The molecule has 0 unspecified atom stereocenters. The molecule has 2 aromatic rings. The van der Waals surface area contributed by atoms with E-state index in [1.807, 2.05) is 0 Å². The van der Waals surface area contributed by atoms with Gasteiger partial charge in [-0.1, -0.05) is 18.1 Å². The Labute approximate surface area is 122 Å². The van der Waals surface area contributed by atoms with Crippen LogP contribution < -0.4 is 5.32 Å². The van der Waals surface area contributed by atoms with Crippen molar-refractivity contribution in [3.05, 3.63) is 35.8 Å². The summed E-state index contributed by atoms with van der Waals surface area (Å²) < 4.78 is 14.6. The number of rotatable bonds is 4. The molecular formula is C15H17FN4O. The van der Waals surface area contributed by atoms with Crippen molar-refractivity contribution < 1.29 is 9.18 Å². The molecule has 1 aromatic heterocycles. The zero-order valence-electron chi connectivity index (χ0n) is 11.8. The van der Waals surface area contributed by atoms with Crippen molar-refractivity contribution in [2.75, 3.05) is 5.32 Å². The zero-order chi connectivity index (χ0) is 14.8. The minimum Gasteiger partial charge on any atom is -0.365 e. The van der Waals surface area contributed by atoms with E-state index < -0.39 is 0 Å². The summed E-state index contributed by atoms with van der Waals surface area (Å²) in [6, 6.07) is 6.30. The summed E-state index contributed by atoms with van der Waals surface area (Å²) in [6.07, 6.45) is 4.52. The van der Waals surface area contributed by atoms with Crippen LogP contribution in [0.3, 0.4) is 0 Å². The molecule has 1 N–H and O–H groups in total. The highest BCUT2D eigenvalue weighted by Crippen LogP contribution is 2.25. The number of benzene rings is 1. The van der Waals surface area contributed by atoms with Crippen LogP contribution in [0.4, 0.5) is 10.2 Å². The number of nitrogens with zero attached hydrogens (tertiary/aromatic N) is 3. The van der Waals surface area contributed by atoms with E-state index in [0.29, 0.717) is 23.2 Å². The summed E-state index contributed by atoms with van der Waals surface area (Å²) in [5.74, 6) is 0.154. The largest absolute Gasteiger partial charge is 0.365 e. The Kier molecular flexibility index (Phi) is 3.68. The highest BCUT2D eigenvalue weighted by atomic mass is 19.1. The summed E-state index contributed by atoms with van der Waals surface area (Å²) in [4.78, 5) is 11.7. The fourth-order valence-corrected chi connectivity index (χ4v) is 2.68. The highest BCUT2D eigenvalue weighted by molar-refractivity contribution is 5.96. The van der Waals surface area contributed by atoms with Gasteiger partial charge in [0.25, 0.3) is 0 Å². The standard InChI is InChI=1S/C15H17FN4O/c1-10(21)14-15(17-12-4-2-3-5-12)20(19-18-14)13-8-6-11(16)7-9-13/h6-9,12,17H,2-5H2,1H3. The van der Waals surface area contributed by atoms with E-state index in [2.05, 4.69) is 15.6 Å². The lowest BCUT2D eigenvalue weighted by Crippen LogP contribution is -2.19. The van der Waals surface area contributed by atoms with Crippen molar-refractivity contribution in [3.8, 4) is 5.69 Å². The van der Waals surface area contributed by atoms with Crippen LogP contribution >= 0.6 is 0 Å². The van der Waals surface area contributed by atoms with Gasteiger partial charge in [0, 0.05) is 13.0 Å². The molecule has 1 fully saturated rings. The number of aromatic nitrogens is 3. The Balaban J connectivity index is 1.99. The third kappa shape index (κ3) is 2.79. The van der Waals surface area contributed by atoms with Crippen LogP contribution in [0.15, 0.2) is 24.3 Å². The number of nitrogens with one attached hydrogen (secondary N) is 1. The van der Waals surface area contributed by atoms with Crippen molar-refractivity contribution in [1.82, 2.24) is 15.0 Å². The van der Waals surface area contributed by atoms with E-state index in [9.17, 15) is 9.18 Å². The molecule has 1 aliphatic carbocycles. The number of carbonyl (C=O) groups is 1. The minimum absolute atomic E-state index is 0.135. The SMILES string of the molecule is CC(=O)c1nnn(-c2ccc(F)cc2)c1NC1CCCC1. The lowest BCUT2D eigenvalue weighted by Gasteiger charge is -2.15. The van der Waals surface area contributed by atoms with Gasteiger partial charge < -0.3 is 5.32 Å². The lowest BCUT2D eigenvalue weighted by molar-refractivity contribution is 0.101. The molecule has 3 rings (SSSR count). The number of hydrogen-bond donors (Lipinski definition) is 1. The summed E-state index contributed by atoms with van der Waals surface area (Å²) in [5, 5.41) is 11.4. The molecule has 0 aliphatic heterocycles. The average Bonchev–Trinajstić information content (AvgIpc) is 3.10. The van der Waals surface area contributed by atoms with E-state index in [1.54, 1.807) is 16.8 Å². The Morgan fingerprint density at radius 1 is 1.29 bits per heavy atom. The molecule has 110 valence electrons. The number of halogens is 1. The molecule has 0 bridgehead atoms. The molecule has 0 spiro atoms. The van der Waals surface area contributed by atoms with Gasteiger partial charge in [0.15, 0.2) is 17.3 Å². The third-order valence-electron chi connectivity index (χ3n) is 3.77. The van der Waals surface area contributed by atoms with E-state index in [4.69, 9.17) is 0 Å². The van der Waals surface area contributed by atoms with Gasteiger partial charge in [-0.05, 0) is 37.1 Å².